The third-order valence-corrected chi connectivity index (χ3v) is 1.17. The molecule has 0 aliphatic heterocycles. The average Bonchev–Trinajstić information content (AvgIpc) is 2.40. The number of nitrogens with zero attached hydrogens (tertiary/aromatic N) is 3. The van der Waals surface area contributed by atoms with Gasteiger partial charge in [0.1, 0.15) is 0 Å². The minimum atomic E-state index is 0.424. The molecule has 0 amide bonds. The molecule has 0 spiro atoms. The van der Waals surface area contributed by atoms with Gasteiger partial charge in [0.2, 0.25) is 0 Å². The van der Waals surface area contributed by atoms with Gasteiger partial charge in [-0.15, -0.1) is 0 Å². The van der Waals surface area contributed by atoms with Crippen LogP contribution in [0, 0.1) is 0 Å². The summed E-state index contributed by atoms with van der Waals surface area (Å²) in [6, 6.07) is 0. The molecule has 0 unspecified atom stereocenters. The first kappa shape index (κ1) is 7.17. The van der Waals surface area contributed by atoms with E-state index in [0.717, 1.165) is 10.8 Å². The Morgan fingerprint density at radius 2 is 2.60 bits per heavy atom. The van der Waals surface area contributed by atoms with E-state index in [1.165, 1.54) is 0 Å². The molecule has 2 N–H and O–H groups in total. The van der Waals surface area contributed by atoms with Gasteiger partial charge in [0.05, 0.1) is 18.4 Å². The fourth-order valence-corrected chi connectivity index (χ4v) is 0.600. The second-order valence-electron chi connectivity index (χ2n) is 1.94. The van der Waals surface area contributed by atoms with E-state index in [1.807, 2.05) is 6.92 Å². The van der Waals surface area contributed by atoms with E-state index in [0.29, 0.717) is 13.1 Å². The quantitative estimate of drug-likeness (QED) is 0.584. The molecule has 0 aliphatic rings. The molecule has 56 valence electrons. The van der Waals surface area contributed by atoms with Crippen LogP contribution in [0.5, 0.6) is 0 Å². The first-order valence-corrected chi connectivity index (χ1v) is 3.11. The monoisotopic (exact) mass is 142 g/mol. The number of aromatic nitrogens is 3. The van der Waals surface area contributed by atoms with Crippen molar-refractivity contribution in [1.29, 1.82) is 0 Å². The van der Waals surface area contributed by atoms with Gasteiger partial charge in [-0.05, 0) is 0 Å². The summed E-state index contributed by atoms with van der Waals surface area (Å²) in [4.78, 5) is 0. The second kappa shape index (κ2) is 3.28. The minimum Gasteiger partial charge on any atom is -0.314 e. The van der Waals surface area contributed by atoms with Crippen LogP contribution >= 0.6 is 0 Å². The van der Waals surface area contributed by atoms with Gasteiger partial charge in [-0.3, -0.25) is 0 Å². The van der Waals surface area contributed by atoms with E-state index in [4.69, 9.17) is 5.21 Å². The van der Waals surface area contributed by atoms with Crippen molar-refractivity contribution in [2.45, 2.75) is 13.5 Å². The maximum absolute atomic E-state index is 8.98. The van der Waals surface area contributed by atoms with Gasteiger partial charge in [0, 0.05) is 6.54 Å². The Kier molecular flexibility index (Phi) is 2.35. The lowest BCUT2D eigenvalue weighted by molar-refractivity contribution is -0.0955. The van der Waals surface area contributed by atoms with Gasteiger partial charge in [-0.2, -0.15) is 20.5 Å². The number of H-pyrrole nitrogens is 1. The molecule has 0 atom stereocenters. The van der Waals surface area contributed by atoms with Crippen molar-refractivity contribution < 1.29 is 5.21 Å². The second-order valence-corrected chi connectivity index (χ2v) is 1.94. The Balaban J connectivity index is 2.40. The largest absolute Gasteiger partial charge is 0.314 e. The van der Waals surface area contributed by atoms with Crippen molar-refractivity contribution in [1.82, 2.24) is 20.5 Å². The summed E-state index contributed by atoms with van der Waals surface area (Å²) >= 11 is 0. The maximum atomic E-state index is 8.98. The summed E-state index contributed by atoms with van der Waals surface area (Å²) in [5, 5.41) is 20.0. The molecule has 0 bridgehead atoms. The van der Waals surface area contributed by atoms with Crippen molar-refractivity contribution in [3.05, 3.63) is 11.9 Å². The minimum absolute atomic E-state index is 0.424. The Bertz CT molecular complexity index is 174. The number of nitrogens with one attached hydrogen (secondary N) is 1. The van der Waals surface area contributed by atoms with Crippen LogP contribution in [0.15, 0.2) is 6.20 Å². The van der Waals surface area contributed by atoms with Gasteiger partial charge in [0.15, 0.2) is 0 Å². The van der Waals surface area contributed by atoms with E-state index >= 15 is 0 Å². The third-order valence-electron chi connectivity index (χ3n) is 1.17. The molecular weight excluding hydrogens is 132 g/mol. The molecule has 0 fully saturated rings. The van der Waals surface area contributed by atoms with E-state index in [9.17, 15) is 0 Å². The van der Waals surface area contributed by atoms with Crippen molar-refractivity contribution in [3.8, 4) is 0 Å². The van der Waals surface area contributed by atoms with Crippen LogP contribution in [0.3, 0.4) is 0 Å². The third kappa shape index (κ3) is 1.78. The van der Waals surface area contributed by atoms with Gasteiger partial charge >= 0.3 is 0 Å². The Morgan fingerprint density at radius 3 is 3.10 bits per heavy atom. The van der Waals surface area contributed by atoms with E-state index in [-0.39, 0.29) is 0 Å². The SMILES string of the molecule is CCN(O)Cc1cn[nH]n1. The number of hydrogen-bond acceptors (Lipinski definition) is 4. The zero-order valence-electron chi connectivity index (χ0n) is 5.78. The van der Waals surface area contributed by atoms with Crippen LogP contribution in [0.1, 0.15) is 12.6 Å². The number of hydroxylamine groups is 2. The smallest absolute Gasteiger partial charge is 0.0988 e. The lowest BCUT2D eigenvalue weighted by Crippen LogP contribution is -2.17. The maximum Gasteiger partial charge on any atom is 0.0988 e. The zero-order valence-corrected chi connectivity index (χ0v) is 5.78. The fraction of sp³-hybridized carbons (Fsp3) is 0.600. The van der Waals surface area contributed by atoms with Crippen molar-refractivity contribution in [2.24, 2.45) is 0 Å². The lowest BCUT2D eigenvalue weighted by atomic mass is 10.4. The Morgan fingerprint density at radius 1 is 1.80 bits per heavy atom. The first-order chi connectivity index (χ1) is 4.83. The normalized spacial score (nSPS) is 10.7. The van der Waals surface area contributed by atoms with Crippen LogP contribution in [-0.4, -0.2) is 32.2 Å². The number of aromatic amines is 1. The predicted octanol–water partition coefficient (Wildman–Crippen LogP) is 0.0158. The molecule has 5 nitrogen and oxygen atoms in total. The van der Waals surface area contributed by atoms with Crippen LogP contribution in [0.25, 0.3) is 0 Å². The van der Waals surface area contributed by atoms with Crippen LogP contribution in [-0.2, 0) is 6.54 Å². The van der Waals surface area contributed by atoms with Crippen LogP contribution < -0.4 is 0 Å². The van der Waals surface area contributed by atoms with Crippen molar-refractivity contribution in [3.63, 3.8) is 0 Å². The Hall–Kier alpha value is -0.940. The van der Waals surface area contributed by atoms with Gasteiger partial charge < -0.3 is 5.21 Å². The number of hydrogen-bond donors (Lipinski definition) is 2. The number of rotatable bonds is 3. The molecule has 0 saturated heterocycles. The molecule has 0 saturated carbocycles. The van der Waals surface area contributed by atoms with Gasteiger partial charge in [-0.1, -0.05) is 6.92 Å². The highest BCUT2D eigenvalue weighted by molar-refractivity contribution is 4.88. The molecule has 1 aromatic heterocycles. The standard InChI is InChI=1S/C5H10N4O/c1-2-9(10)4-5-3-6-8-7-5/h3,10H,2,4H2,1H3,(H,6,7,8). The van der Waals surface area contributed by atoms with E-state index in [2.05, 4.69) is 15.4 Å². The summed E-state index contributed by atoms with van der Waals surface area (Å²) in [5.74, 6) is 0. The topological polar surface area (TPSA) is 65.0 Å². The molecule has 0 aliphatic carbocycles. The molecule has 1 aromatic rings. The van der Waals surface area contributed by atoms with Crippen LogP contribution in [0.2, 0.25) is 0 Å². The molecule has 0 aromatic carbocycles. The summed E-state index contributed by atoms with van der Waals surface area (Å²) < 4.78 is 0. The highest BCUT2D eigenvalue weighted by atomic mass is 16.5. The first-order valence-electron chi connectivity index (χ1n) is 3.11. The highest BCUT2D eigenvalue weighted by Gasteiger charge is 1.99. The summed E-state index contributed by atoms with van der Waals surface area (Å²) in [6.07, 6.45) is 1.58. The average molecular weight is 142 g/mol. The zero-order chi connectivity index (χ0) is 7.40. The lowest BCUT2D eigenvalue weighted by Gasteiger charge is -2.07. The fourth-order valence-electron chi connectivity index (χ4n) is 0.600. The van der Waals surface area contributed by atoms with Crippen molar-refractivity contribution in [2.75, 3.05) is 6.54 Å². The van der Waals surface area contributed by atoms with Gasteiger partial charge in [0.25, 0.3) is 0 Å². The summed E-state index contributed by atoms with van der Waals surface area (Å²) in [7, 11) is 0. The molecule has 5 heteroatoms. The molecule has 1 rings (SSSR count). The van der Waals surface area contributed by atoms with Crippen LogP contribution in [0.4, 0.5) is 0 Å². The van der Waals surface area contributed by atoms with E-state index < -0.39 is 0 Å². The Labute approximate surface area is 58.6 Å². The molecular formula is C5H10N4O. The summed E-state index contributed by atoms with van der Waals surface area (Å²) in [6.45, 7) is 2.87. The summed E-state index contributed by atoms with van der Waals surface area (Å²) in [5.41, 5.74) is 0.740. The predicted molar refractivity (Wildman–Crippen MR) is 34.3 cm³/mol. The van der Waals surface area contributed by atoms with Gasteiger partial charge in [-0.25, -0.2) is 0 Å². The molecule has 10 heavy (non-hydrogen) atoms. The van der Waals surface area contributed by atoms with Crippen molar-refractivity contribution >= 4 is 0 Å². The molecule has 0 radical (unpaired) electrons. The molecule has 1 heterocycles. The van der Waals surface area contributed by atoms with E-state index in [1.54, 1.807) is 6.20 Å². The highest BCUT2D eigenvalue weighted by Crippen LogP contribution is 1.93.